The van der Waals surface area contributed by atoms with Crippen LogP contribution >= 0.6 is 0 Å². The van der Waals surface area contributed by atoms with Gasteiger partial charge in [0.15, 0.2) is 0 Å². The summed E-state index contributed by atoms with van der Waals surface area (Å²) in [6.45, 7) is 1.20. The average molecular weight is 316 g/mol. The van der Waals surface area contributed by atoms with Crippen LogP contribution in [0.4, 0.5) is 0 Å². The molecule has 0 saturated heterocycles. The molecule has 24 heavy (non-hydrogen) atoms. The van der Waals surface area contributed by atoms with Gasteiger partial charge in [-0.15, -0.1) is 0 Å². The van der Waals surface area contributed by atoms with Gasteiger partial charge in [-0.3, -0.25) is 19.7 Å². The Morgan fingerprint density at radius 3 is 2.62 bits per heavy atom. The van der Waals surface area contributed by atoms with Gasteiger partial charge in [0.05, 0.1) is 17.8 Å². The van der Waals surface area contributed by atoms with E-state index in [4.69, 9.17) is 0 Å². The Balaban J connectivity index is 1.59. The first kappa shape index (κ1) is 14.5. The minimum atomic E-state index is 0.0424. The quantitative estimate of drug-likeness (QED) is 0.742. The van der Waals surface area contributed by atoms with Gasteiger partial charge in [0, 0.05) is 43.4 Å². The van der Waals surface area contributed by atoms with Crippen LogP contribution in [0.25, 0.3) is 11.1 Å². The Morgan fingerprint density at radius 2 is 1.83 bits per heavy atom. The van der Waals surface area contributed by atoms with Crippen LogP contribution in [0.5, 0.6) is 0 Å². The lowest BCUT2D eigenvalue weighted by molar-refractivity contribution is 0.0780. The largest absolute Gasteiger partial charge is 0.332 e. The van der Waals surface area contributed by atoms with Gasteiger partial charge in [0.25, 0.3) is 5.91 Å². The molecule has 0 saturated carbocycles. The van der Waals surface area contributed by atoms with Gasteiger partial charge in [-0.25, -0.2) is 0 Å². The predicted octanol–water partition coefficient (Wildman–Crippen LogP) is 2.74. The molecule has 1 aliphatic heterocycles. The molecule has 0 radical (unpaired) electrons. The molecule has 3 aromatic heterocycles. The van der Waals surface area contributed by atoms with E-state index < -0.39 is 0 Å². The lowest BCUT2D eigenvalue weighted by atomic mass is 10.0. The van der Waals surface area contributed by atoms with E-state index in [9.17, 15) is 4.79 Å². The van der Waals surface area contributed by atoms with E-state index in [0.717, 1.165) is 28.9 Å². The summed E-state index contributed by atoms with van der Waals surface area (Å²) in [5.41, 5.74) is 4.46. The fourth-order valence-electron chi connectivity index (χ4n) is 3.02. The van der Waals surface area contributed by atoms with E-state index in [1.54, 1.807) is 24.8 Å². The third-order valence-electron chi connectivity index (χ3n) is 4.23. The number of pyridine rings is 3. The average Bonchev–Trinajstić information content (AvgIpc) is 2.98. The molecule has 0 unspecified atom stereocenters. The fourth-order valence-corrected chi connectivity index (χ4v) is 3.02. The van der Waals surface area contributed by atoms with E-state index in [1.807, 2.05) is 41.3 Å². The standard InChI is InChI=1S/C19H16N4O/c24-19-18-16(14-4-9-20-10-5-14)6-11-22-17(18)13-23(19)12-7-15-3-1-2-8-21-15/h1-6,8-11H,7,12-13H2. The second-order valence-corrected chi connectivity index (χ2v) is 5.71. The molecule has 0 aliphatic carbocycles. The number of rotatable bonds is 4. The molecule has 0 aromatic carbocycles. The molecule has 5 nitrogen and oxygen atoms in total. The fraction of sp³-hybridized carbons (Fsp3) is 0.158. The topological polar surface area (TPSA) is 59.0 Å². The molecule has 0 fully saturated rings. The molecular formula is C19H16N4O. The maximum atomic E-state index is 12.9. The minimum absolute atomic E-state index is 0.0424. The van der Waals surface area contributed by atoms with Crippen molar-refractivity contribution < 1.29 is 4.79 Å². The number of hydrogen-bond acceptors (Lipinski definition) is 4. The van der Waals surface area contributed by atoms with Crippen molar-refractivity contribution in [1.29, 1.82) is 0 Å². The maximum Gasteiger partial charge on any atom is 0.256 e. The summed E-state index contributed by atoms with van der Waals surface area (Å²) in [7, 11) is 0. The second kappa shape index (κ2) is 6.20. The van der Waals surface area contributed by atoms with Crippen LogP contribution in [-0.2, 0) is 13.0 Å². The van der Waals surface area contributed by atoms with Crippen molar-refractivity contribution in [2.75, 3.05) is 6.54 Å². The number of fused-ring (bicyclic) bond motifs is 1. The zero-order valence-electron chi connectivity index (χ0n) is 13.1. The third-order valence-corrected chi connectivity index (χ3v) is 4.23. The van der Waals surface area contributed by atoms with Gasteiger partial charge in [-0.1, -0.05) is 6.07 Å². The number of carbonyl (C=O) groups is 1. The van der Waals surface area contributed by atoms with Gasteiger partial charge in [-0.2, -0.15) is 0 Å². The SMILES string of the molecule is O=C1c2c(-c3ccncc3)ccnc2CN1CCc1ccccn1. The molecule has 4 rings (SSSR count). The summed E-state index contributed by atoms with van der Waals surface area (Å²) in [4.78, 5) is 27.5. The minimum Gasteiger partial charge on any atom is -0.332 e. The predicted molar refractivity (Wildman–Crippen MR) is 90.1 cm³/mol. The van der Waals surface area contributed by atoms with Crippen molar-refractivity contribution in [3.05, 3.63) is 78.1 Å². The van der Waals surface area contributed by atoms with E-state index >= 15 is 0 Å². The molecule has 0 N–H and O–H groups in total. The van der Waals surface area contributed by atoms with Crippen LogP contribution in [0, 0.1) is 0 Å². The highest BCUT2D eigenvalue weighted by atomic mass is 16.2. The molecule has 1 amide bonds. The first-order chi connectivity index (χ1) is 11.8. The highest BCUT2D eigenvalue weighted by Crippen LogP contribution is 2.31. The van der Waals surface area contributed by atoms with Crippen LogP contribution < -0.4 is 0 Å². The molecule has 1 aliphatic rings. The van der Waals surface area contributed by atoms with Crippen molar-refractivity contribution in [2.24, 2.45) is 0 Å². The number of carbonyl (C=O) groups excluding carboxylic acids is 1. The van der Waals surface area contributed by atoms with Gasteiger partial charge < -0.3 is 4.90 Å². The van der Waals surface area contributed by atoms with E-state index in [2.05, 4.69) is 15.0 Å². The number of hydrogen-bond donors (Lipinski definition) is 0. The zero-order valence-corrected chi connectivity index (χ0v) is 13.1. The summed E-state index contributed by atoms with van der Waals surface area (Å²) >= 11 is 0. The Labute approximate surface area is 140 Å². The lowest BCUT2D eigenvalue weighted by Crippen LogP contribution is -2.26. The number of aromatic nitrogens is 3. The Bertz CT molecular complexity index is 865. The summed E-state index contributed by atoms with van der Waals surface area (Å²) in [5, 5.41) is 0. The van der Waals surface area contributed by atoms with E-state index in [1.165, 1.54) is 0 Å². The number of amides is 1. The van der Waals surface area contributed by atoms with Crippen LogP contribution in [0.3, 0.4) is 0 Å². The first-order valence-electron chi connectivity index (χ1n) is 7.90. The van der Waals surface area contributed by atoms with Gasteiger partial charge in [0.1, 0.15) is 0 Å². The summed E-state index contributed by atoms with van der Waals surface area (Å²) < 4.78 is 0. The zero-order chi connectivity index (χ0) is 16.4. The Hall–Kier alpha value is -3.08. The Morgan fingerprint density at radius 1 is 0.958 bits per heavy atom. The second-order valence-electron chi connectivity index (χ2n) is 5.71. The summed E-state index contributed by atoms with van der Waals surface area (Å²) in [6, 6.07) is 11.6. The van der Waals surface area contributed by atoms with Crippen LogP contribution in [0.1, 0.15) is 21.7 Å². The van der Waals surface area contributed by atoms with Gasteiger partial charge in [0.2, 0.25) is 0 Å². The lowest BCUT2D eigenvalue weighted by Gasteiger charge is -2.15. The monoisotopic (exact) mass is 316 g/mol. The van der Waals surface area contributed by atoms with E-state index in [-0.39, 0.29) is 5.91 Å². The van der Waals surface area contributed by atoms with Crippen molar-refractivity contribution in [3.8, 4) is 11.1 Å². The molecule has 4 heterocycles. The molecule has 3 aromatic rings. The summed E-state index contributed by atoms with van der Waals surface area (Å²) in [5.74, 6) is 0.0424. The van der Waals surface area contributed by atoms with Crippen molar-refractivity contribution in [2.45, 2.75) is 13.0 Å². The molecule has 5 heteroatoms. The van der Waals surface area contributed by atoms with E-state index in [0.29, 0.717) is 18.7 Å². The molecule has 0 atom stereocenters. The smallest absolute Gasteiger partial charge is 0.256 e. The third kappa shape index (κ3) is 2.65. The maximum absolute atomic E-state index is 12.9. The van der Waals surface area contributed by atoms with Crippen molar-refractivity contribution >= 4 is 5.91 Å². The van der Waals surface area contributed by atoms with Crippen molar-refractivity contribution in [1.82, 2.24) is 19.9 Å². The highest BCUT2D eigenvalue weighted by molar-refractivity contribution is 6.03. The van der Waals surface area contributed by atoms with Gasteiger partial charge >= 0.3 is 0 Å². The van der Waals surface area contributed by atoms with Crippen molar-refractivity contribution in [3.63, 3.8) is 0 Å². The van der Waals surface area contributed by atoms with Gasteiger partial charge in [-0.05, 0) is 41.5 Å². The van der Waals surface area contributed by atoms with Crippen LogP contribution in [0.15, 0.2) is 61.2 Å². The first-order valence-corrected chi connectivity index (χ1v) is 7.90. The van der Waals surface area contributed by atoms with Crippen LogP contribution in [0.2, 0.25) is 0 Å². The molecule has 0 spiro atoms. The molecule has 0 bridgehead atoms. The molecular weight excluding hydrogens is 300 g/mol. The normalized spacial score (nSPS) is 13.2. The summed E-state index contributed by atoms with van der Waals surface area (Å²) in [6.07, 6.45) is 7.76. The van der Waals surface area contributed by atoms with Crippen LogP contribution in [-0.4, -0.2) is 32.3 Å². The number of nitrogens with zero attached hydrogens (tertiary/aromatic N) is 4. The molecule has 118 valence electrons. The highest BCUT2D eigenvalue weighted by Gasteiger charge is 2.31. The Kier molecular flexibility index (Phi) is 3.75.